The summed E-state index contributed by atoms with van der Waals surface area (Å²) in [6.07, 6.45) is 4.85. The molecule has 0 amide bonds. The van der Waals surface area contributed by atoms with Gasteiger partial charge in [0.15, 0.2) is 0 Å². The van der Waals surface area contributed by atoms with Crippen molar-refractivity contribution >= 4 is 5.97 Å². The predicted octanol–water partition coefficient (Wildman–Crippen LogP) is 0.411. The number of aromatic nitrogens is 2. The van der Waals surface area contributed by atoms with Gasteiger partial charge in [0.05, 0.1) is 7.11 Å². The van der Waals surface area contributed by atoms with Crippen LogP contribution in [0.4, 0.5) is 0 Å². The van der Waals surface area contributed by atoms with E-state index in [1.54, 1.807) is 6.20 Å². The third kappa shape index (κ3) is 4.12. The van der Waals surface area contributed by atoms with E-state index in [0.717, 1.165) is 13.0 Å². The fraction of sp³-hybridized carbons (Fsp3) is 0.600. The summed E-state index contributed by atoms with van der Waals surface area (Å²) in [7, 11) is 1.39. The topological polar surface area (TPSA) is 70.1 Å². The molecule has 1 aromatic rings. The Morgan fingerprint density at radius 2 is 2.47 bits per heavy atom. The zero-order chi connectivity index (χ0) is 11.1. The standard InChI is InChI=1S/C10H17N3O2/c1-15-10(14)7-9(8-11)3-6-13-5-2-4-12-13/h2,4-5,9H,3,6-8,11H2,1H3. The van der Waals surface area contributed by atoms with Crippen molar-refractivity contribution in [3.8, 4) is 0 Å². The van der Waals surface area contributed by atoms with E-state index in [0.29, 0.717) is 13.0 Å². The number of methoxy groups -OCH3 is 1. The van der Waals surface area contributed by atoms with Crippen LogP contribution in [0, 0.1) is 5.92 Å². The van der Waals surface area contributed by atoms with Crippen LogP contribution >= 0.6 is 0 Å². The third-order valence-electron chi connectivity index (χ3n) is 2.34. The number of nitrogens with zero attached hydrogens (tertiary/aromatic N) is 2. The third-order valence-corrected chi connectivity index (χ3v) is 2.34. The second kappa shape index (κ2) is 6.19. The number of carbonyl (C=O) groups is 1. The molecule has 0 saturated heterocycles. The Balaban J connectivity index is 2.31. The summed E-state index contributed by atoms with van der Waals surface area (Å²) in [6, 6.07) is 1.87. The fourth-order valence-electron chi connectivity index (χ4n) is 1.37. The monoisotopic (exact) mass is 211 g/mol. The number of aryl methyl sites for hydroxylation is 1. The molecule has 1 rings (SSSR count). The zero-order valence-corrected chi connectivity index (χ0v) is 8.93. The first-order chi connectivity index (χ1) is 7.26. The fourth-order valence-corrected chi connectivity index (χ4v) is 1.37. The van der Waals surface area contributed by atoms with E-state index >= 15 is 0 Å². The minimum Gasteiger partial charge on any atom is -0.469 e. The molecular weight excluding hydrogens is 194 g/mol. The number of rotatable bonds is 6. The molecule has 0 aromatic carbocycles. The molecule has 5 heteroatoms. The maximum Gasteiger partial charge on any atom is 0.305 e. The first-order valence-electron chi connectivity index (χ1n) is 5.00. The lowest BCUT2D eigenvalue weighted by molar-refractivity contribution is -0.141. The van der Waals surface area contributed by atoms with E-state index in [4.69, 9.17) is 5.73 Å². The molecule has 0 fully saturated rings. The van der Waals surface area contributed by atoms with E-state index in [1.807, 2.05) is 16.9 Å². The van der Waals surface area contributed by atoms with Gasteiger partial charge in [-0.3, -0.25) is 9.48 Å². The van der Waals surface area contributed by atoms with Crippen LogP contribution < -0.4 is 5.73 Å². The molecule has 5 nitrogen and oxygen atoms in total. The van der Waals surface area contributed by atoms with Crippen molar-refractivity contribution in [2.24, 2.45) is 11.7 Å². The lowest BCUT2D eigenvalue weighted by atomic mass is 10.0. The quantitative estimate of drug-likeness (QED) is 0.692. The van der Waals surface area contributed by atoms with Crippen molar-refractivity contribution in [1.82, 2.24) is 9.78 Å². The summed E-state index contributed by atoms with van der Waals surface area (Å²) in [5.74, 6) is -0.0347. The Kier molecular flexibility index (Phi) is 4.83. The summed E-state index contributed by atoms with van der Waals surface area (Å²) in [5, 5.41) is 4.08. The Morgan fingerprint density at radius 3 is 3.00 bits per heavy atom. The van der Waals surface area contributed by atoms with Gasteiger partial charge in [0.2, 0.25) is 0 Å². The Bertz CT molecular complexity index is 285. The van der Waals surface area contributed by atoms with Crippen molar-refractivity contribution in [2.75, 3.05) is 13.7 Å². The van der Waals surface area contributed by atoms with Gasteiger partial charge in [-0.1, -0.05) is 0 Å². The molecule has 0 saturated carbocycles. The molecule has 1 aromatic heterocycles. The summed E-state index contributed by atoms with van der Waals surface area (Å²) in [6.45, 7) is 1.28. The lowest BCUT2D eigenvalue weighted by Crippen LogP contribution is -2.20. The van der Waals surface area contributed by atoms with Crippen LogP contribution in [-0.4, -0.2) is 29.4 Å². The first-order valence-corrected chi connectivity index (χ1v) is 5.00. The molecule has 0 bridgehead atoms. The number of esters is 1. The number of hydrogen-bond donors (Lipinski definition) is 1. The predicted molar refractivity (Wildman–Crippen MR) is 56.0 cm³/mol. The van der Waals surface area contributed by atoms with Crippen LogP contribution in [0.25, 0.3) is 0 Å². The molecule has 0 spiro atoms. The molecule has 15 heavy (non-hydrogen) atoms. The van der Waals surface area contributed by atoms with Gasteiger partial charge in [-0.05, 0) is 24.9 Å². The Morgan fingerprint density at radius 1 is 1.67 bits per heavy atom. The van der Waals surface area contributed by atoms with Crippen molar-refractivity contribution in [1.29, 1.82) is 0 Å². The second-order valence-corrected chi connectivity index (χ2v) is 3.44. The molecule has 0 radical (unpaired) electrons. The zero-order valence-electron chi connectivity index (χ0n) is 8.93. The molecule has 0 aliphatic carbocycles. The largest absolute Gasteiger partial charge is 0.469 e. The number of carbonyl (C=O) groups excluding carboxylic acids is 1. The number of hydrogen-bond acceptors (Lipinski definition) is 4. The van der Waals surface area contributed by atoms with Crippen LogP contribution in [0.1, 0.15) is 12.8 Å². The minimum absolute atomic E-state index is 0.168. The van der Waals surface area contributed by atoms with Gasteiger partial charge in [-0.25, -0.2) is 0 Å². The van der Waals surface area contributed by atoms with Crippen molar-refractivity contribution in [3.05, 3.63) is 18.5 Å². The maximum atomic E-state index is 11.0. The van der Waals surface area contributed by atoms with Crippen LogP contribution in [0.15, 0.2) is 18.5 Å². The molecule has 0 aliphatic rings. The van der Waals surface area contributed by atoms with E-state index in [9.17, 15) is 4.79 Å². The summed E-state index contributed by atoms with van der Waals surface area (Å²) >= 11 is 0. The van der Waals surface area contributed by atoms with Crippen LogP contribution in [0.3, 0.4) is 0 Å². The van der Waals surface area contributed by atoms with Gasteiger partial charge in [0.25, 0.3) is 0 Å². The van der Waals surface area contributed by atoms with Crippen molar-refractivity contribution < 1.29 is 9.53 Å². The highest BCUT2D eigenvalue weighted by Gasteiger charge is 2.12. The molecule has 1 heterocycles. The van der Waals surface area contributed by atoms with Gasteiger partial charge in [0.1, 0.15) is 0 Å². The van der Waals surface area contributed by atoms with Gasteiger partial charge < -0.3 is 10.5 Å². The molecule has 84 valence electrons. The van der Waals surface area contributed by atoms with Crippen molar-refractivity contribution in [2.45, 2.75) is 19.4 Å². The summed E-state index contributed by atoms with van der Waals surface area (Å²) in [4.78, 5) is 11.0. The average molecular weight is 211 g/mol. The van der Waals surface area contributed by atoms with Gasteiger partial charge in [-0.15, -0.1) is 0 Å². The molecule has 1 unspecified atom stereocenters. The van der Waals surface area contributed by atoms with Gasteiger partial charge in [-0.2, -0.15) is 5.10 Å². The summed E-state index contributed by atoms with van der Waals surface area (Å²) < 4.78 is 6.44. The van der Waals surface area contributed by atoms with E-state index in [2.05, 4.69) is 9.84 Å². The van der Waals surface area contributed by atoms with Gasteiger partial charge in [0, 0.05) is 25.4 Å². The molecular formula is C10H17N3O2. The first kappa shape index (κ1) is 11.7. The van der Waals surface area contributed by atoms with Crippen LogP contribution in [0.2, 0.25) is 0 Å². The van der Waals surface area contributed by atoms with E-state index in [1.165, 1.54) is 7.11 Å². The van der Waals surface area contributed by atoms with E-state index in [-0.39, 0.29) is 11.9 Å². The highest BCUT2D eigenvalue weighted by atomic mass is 16.5. The highest BCUT2D eigenvalue weighted by molar-refractivity contribution is 5.69. The smallest absolute Gasteiger partial charge is 0.305 e. The average Bonchev–Trinajstić information content (AvgIpc) is 2.76. The van der Waals surface area contributed by atoms with Crippen LogP contribution in [0.5, 0.6) is 0 Å². The van der Waals surface area contributed by atoms with Crippen molar-refractivity contribution in [3.63, 3.8) is 0 Å². The number of nitrogens with two attached hydrogens (primary N) is 1. The second-order valence-electron chi connectivity index (χ2n) is 3.44. The maximum absolute atomic E-state index is 11.0. The highest BCUT2D eigenvalue weighted by Crippen LogP contribution is 2.09. The summed E-state index contributed by atoms with van der Waals surface area (Å²) in [5.41, 5.74) is 5.58. The lowest BCUT2D eigenvalue weighted by Gasteiger charge is -2.12. The van der Waals surface area contributed by atoms with Gasteiger partial charge >= 0.3 is 5.97 Å². The SMILES string of the molecule is COC(=O)CC(CN)CCn1cccn1. The minimum atomic E-state index is -0.203. The molecule has 1 atom stereocenters. The normalized spacial score (nSPS) is 12.4. The Labute approximate surface area is 89.2 Å². The Hall–Kier alpha value is -1.36. The molecule has 0 aliphatic heterocycles. The van der Waals surface area contributed by atoms with E-state index < -0.39 is 0 Å². The number of ether oxygens (including phenoxy) is 1. The van der Waals surface area contributed by atoms with Crippen LogP contribution in [-0.2, 0) is 16.1 Å². The molecule has 2 N–H and O–H groups in total.